The van der Waals surface area contributed by atoms with Gasteiger partial charge in [0.25, 0.3) is 5.91 Å². The molecule has 0 bridgehead atoms. The van der Waals surface area contributed by atoms with Crippen LogP contribution in [-0.4, -0.2) is 55.0 Å². The molecule has 1 heterocycles. The lowest BCUT2D eigenvalue weighted by molar-refractivity contribution is -0.124. The summed E-state index contributed by atoms with van der Waals surface area (Å²) in [5.74, 6) is -0.709. The predicted molar refractivity (Wildman–Crippen MR) is 127 cm³/mol. The van der Waals surface area contributed by atoms with Gasteiger partial charge in [0.05, 0.1) is 31.4 Å². The molecule has 0 spiro atoms. The van der Waals surface area contributed by atoms with Crippen molar-refractivity contribution in [3.63, 3.8) is 0 Å². The van der Waals surface area contributed by atoms with Gasteiger partial charge < -0.3 is 19.7 Å². The number of amides is 4. The molecule has 1 N–H and O–H groups in total. The number of nitrogens with zero attached hydrogens (tertiary/aromatic N) is 2. The first kappa shape index (κ1) is 24.8. The van der Waals surface area contributed by atoms with E-state index in [0.717, 1.165) is 4.90 Å². The summed E-state index contributed by atoms with van der Waals surface area (Å²) < 4.78 is 10.1. The molecule has 1 atom stereocenters. The Morgan fingerprint density at radius 3 is 2.41 bits per heavy atom. The number of benzene rings is 2. The third-order valence-electron chi connectivity index (χ3n) is 5.25. The fourth-order valence-corrected chi connectivity index (χ4v) is 3.73. The van der Waals surface area contributed by atoms with E-state index in [4.69, 9.17) is 9.47 Å². The first-order chi connectivity index (χ1) is 16.2. The lowest BCUT2D eigenvalue weighted by Gasteiger charge is -2.23. The van der Waals surface area contributed by atoms with Crippen LogP contribution >= 0.6 is 0 Å². The average molecular weight is 468 g/mol. The van der Waals surface area contributed by atoms with E-state index in [0.29, 0.717) is 29.2 Å². The highest BCUT2D eigenvalue weighted by atomic mass is 16.5. The van der Waals surface area contributed by atoms with Gasteiger partial charge in [0.15, 0.2) is 0 Å². The van der Waals surface area contributed by atoms with Crippen molar-refractivity contribution in [2.75, 3.05) is 30.5 Å². The normalized spacial score (nSPS) is 15.6. The highest BCUT2D eigenvalue weighted by molar-refractivity contribution is 6.22. The van der Waals surface area contributed by atoms with E-state index in [1.54, 1.807) is 49.4 Å². The fourth-order valence-electron chi connectivity index (χ4n) is 3.73. The molecule has 180 valence electrons. The maximum Gasteiger partial charge on any atom is 0.338 e. The van der Waals surface area contributed by atoms with Crippen molar-refractivity contribution in [1.29, 1.82) is 0 Å². The quantitative estimate of drug-likeness (QED) is 0.445. The Hall–Kier alpha value is -3.88. The number of esters is 1. The summed E-state index contributed by atoms with van der Waals surface area (Å²) in [5.41, 5.74) is 1.11. The number of carbonyl (C=O) groups is 4. The summed E-state index contributed by atoms with van der Waals surface area (Å²) in [4.78, 5) is 53.7. The standard InChI is InChI=1S/C25H29N3O6/c1-5-34-24(31)17-7-6-8-18(13-17)26-22(29)14-21-23(30)28(25(32)27(21)15-16(2)3)19-9-11-20(33-4)12-10-19/h6-13,16,21H,5,14-15H2,1-4H3,(H,26,29)/t21-/m1/s1. The van der Waals surface area contributed by atoms with Crippen LogP contribution in [0.3, 0.4) is 0 Å². The molecule has 0 saturated carbocycles. The molecule has 0 radical (unpaired) electrons. The Morgan fingerprint density at radius 2 is 1.79 bits per heavy atom. The highest BCUT2D eigenvalue weighted by Crippen LogP contribution is 2.29. The average Bonchev–Trinajstić information content (AvgIpc) is 3.03. The highest BCUT2D eigenvalue weighted by Gasteiger charge is 2.46. The Morgan fingerprint density at radius 1 is 1.09 bits per heavy atom. The number of methoxy groups -OCH3 is 1. The van der Waals surface area contributed by atoms with Gasteiger partial charge in [-0.05, 0) is 55.3 Å². The number of hydrogen-bond donors (Lipinski definition) is 1. The zero-order valence-electron chi connectivity index (χ0n) is 19.7. The van der Waals surface area contributed by atoms with Crippen molar-refractivity contribution in [2.24, 2.45) is 5.92 Å². The first-order valence-corrected chi connectivity index (χ1v) is 11.1. The van der Waals surface area contributed by atoms with Gasteiger partial charge in [0, 0.05) is 12.2 Å². The Labute approximate surface area is 198 Å². The molecule has 9 nitrogen and oxygen atoms in total. The zero-order valence-corrected chi connectivity index (χ0v) is 19.7. The van der Waals surface area contributed by atoms with Gasteiger partial charge >= 0.3 is 12.0 Å². The lowest BCUT2D eigenvalue weighted by atomic mass is 10.1. The summed E-state index contributed by atoms with van der Waals surface area (Å²) in [5, 5.41) is 2.71. The Balaban J connectivity index is 1.78. The Kier molecular flexibility index (Phi) is 7.88. The minimum Gasteiger partial charge on any atom is -0.497 e. The molecule has 1 saturated heterocycles. The number of nitrogens with one attached hydrogen (secondary N) is 1. The van der Waals surface area contributed by atoms with E-state index in [-0.39, 0.29) is 18.9 Å². The van der Waals surface area contributed by atoms with Gasteiger partial charge in [0.2, 0.25) is 5.91 Å². The van der Waals surface area contributed by atoms with Crippen LogP contribution in [0.5, 0.6) is 5.75 Å². The second-order valence-corrected chi connectivity index (χ2v) is 8.27. The molecule has 0 aromatic heterocycles. The molecule has 4 amide bonds. The van der Waals surface area contributed by atoms with Gasteiger partial charge in [-0.15, -0.1) is 0 Å². The molecule has 1 aliphatic heterocycles. The molecule has 0 aliphatic carbocycles. The molecule has 2 aromatic rings. The predicted octanol–water partition coefficient (Wildman–Crippen LogP) is 3.69. The molecule has 34 heavy (non-hydrogen) atoms. The summed E-state index contributed by atoms with van der Waals surface area (Å²) >= 11 is 0. The van der Waals surface area contributed by atoms with E-state index in [9.17, 15) is 19.2 Å². The summed E-state index contributed by atoms with van der Waals surface area (Å²) in [6, 6.07) is 11.5. The maximum absolute atomic E-state index is 13.3. The largest absolute Gasteiger partial charge is 0.497 e. The first-order valence-electron chi connectivity index (χ1n) is 11.1. The van der Waals surface area contributed by atoms with Crippen LogP contribution in [0.2, 0.25) is 0 Å². The van der Waals surface area contributed by atoms with Gasteiger partial charge in [-0.2, -0.15) is 0 Å². The number of imide groups is 1. The van der Waals surface area contributed by atoms with Crippen molar-refractivity contribution in [3.05, 3.63) is 54.1 Å². The number of hydrogen-bond acceptors (Lipinski definition) is 6. The van der Waals surface area contributed by atoms with Crippen molar-refractivity contribution in [1.82, 2.24) is 4.90 Å². The molecule has 3 rings (SSSR count). The molecule has 1 fully saturated rings. The van der Waals surface area contributed by atoms with E-state index < -0.39 is 29.9 Å². The monoisotopic (exact) mass is 467 g/mol. The molecule has 0 unspecified atom stereocenters. The van der Waals surface area contributed by atoms with E-state index in [2.05, 4.69) is 5.32 Å². The van der Waals surface area contributed by atoms with Crippen LogP contribution in [-0.2, 0) is 14.3 Å². The smallest absolute Gasteiger partial charge is 0.338 e. The van der Waals surface area contributed by atoms with Crippen LogP contribution in [0, 0.1) is 5.92 Å². The van der Waals surface area contributed by atoms with Crippen LogP contribution in [0.15, 0.2) is 48.5 Å². The topological polar surface area (TPSA) is 105 Å². The van der Waals surface area contributed by atoms with Crippen LogP contribution in [0.25, 0.3) is 0 Å². The van der Waals surface area contributed by atoms with Crippen LogP contribution < -0.4 is 15.0 Å². The number of anilines is 2. The van der Waals surface area contributed by atoms with E-state index in [1.807, 2.05) is 13.8 Å². The van der Waals surface area contributed by atoms with Crippen molar-refractivity contribution in [3.8, 4) is 5.75 Å². The zero-order chi connectivity index (χ0) is 24.8. The molecule has 1 aliphatic rings. The summed E-state index contributed by atoms with van der Waals surface area (Å²) in [7, 11) is 1.53. The van der Waals surface area contributed by atoms with Gasteiger partial charge in [-0.1, -0.05) is 19.9 Å². The van der Waals surface area contributed by atoms with Crippen molar-refractivity contribution < 1.29 is 28.7 Å². The Bertz CT molecular complexity index is 1070. The summed E-state index contributed by atoms with van der Waals surface area (Å²) in [6.45, 7) is 6.15. The second-order valence-electron chi connectivity index (χ2n) is 8.27. The SMILES string of the molecule is CCOC(=O)c1cccc(NC(=O)C[C@@H]2C(=O)N(c3ccc(OC)cc3)C(=O)N2CC(C)C)c1. The van der Waals surface area contributed by atoms with Crippen LogP contribution in [0.1, 0.15) is 37.6 Å². The van der Waals surface area contributed by atoms with Crippen molar-refractivity contribution in [2.45, 2.75) is 33.2 Å². The van der Waals surface area contributed by atoms with Gasteiger partial charge in [-0.3, -0.25) is 9.59 Å². The number of urea groups is 1. The minimum atomic E-state index is -0.940. The number of ether oxygens (including phenoxy) is 2. The van der Waals surface area contributed by atoms with E-state index >= 15 is 0 Å². The number of rotatable bonds is 9. The number of carbonyl (C=O) groups excluding carboxylic acids is 4. The molecule has 9 heteroatoms. The molecule has 2 aromatic carbocycles. The van der Waals surface area contributed by atoms with Gasteiger partial charge in [-0.25, -0.2) is 14.5 Å². The van der Waals surface area contributed by atoms with Crippen LogP contribution in [0.4, 0.5) is 16.2 Å². The molecular formula is C25H29N3O6. The van der Waals surface area contributed by atoms with E-state index in [1.165, 1.54) is 18.1 Å². The fraction of sp³-hybridized carbons (Fsp3) is 0.360. The third kappa shape index (κ3) is 5.54. The summed E-state index contributed by atoms with van der Waals surface area (Å²) in [6.07, 6.45) is -0.215. The lowest BCUT2D eigenvalue weighted by Crippen LogP contribution is -2.40. The van der Waals surface area contributed by atoms with Crippen molar-refractivity contribution >= 4 is 35.2 Å². The van der Waals surface area contributed by atoms with Gasteiger partial charge in [0.1, 0.15) is 11.8 Å². The third-order valence-corrected chi connectivity index (χ3v) is 5.25. The second kappa shape index (κ2) is 10.8. The molecular weight excluding hydrogens is 438 g/mol. The minimum absolute atomic E-state index is 0.0967. The maximum atomic E-state index is 13.3.